The predicted molar refractivity (Wildman–Crippen MR) is 36.0 cm³/mol. The second kappa shape index (κ2) is 1.91. The van der Waals surface area contributed by atoms with Crippen molar-refractivity contribution in [2.45, 2.75) is 0 Å². The lowest BCUT2D eigenvalue weighted by molar-refractivity contribution is -0.439. The highest BCUT2D eigenvalue weighted by Crippen LogP contribution is 1.92. The summed E-state index contributed by atoms with van der Waals surface area (Å²) >= 11 is 1.05. The molecule has 0 unspecified atom stereocenters. The first kappa shape index (κ1) is 5.61. The fourth-order valence-corrected chi connectivity index (χ4v) is 1.35. The van der Waals surface area contributed by atoms with Gasteiger partial charge in [-0.25, -0.2) is 4.79 Å². The molecule has 0 spiro atoms. The summed E-state index contributed by atoms with van der Waals surface area (Å²) in [6.07, 6.45) is 1.78. The fourth-order valence-electron chi connectivity index (χ4n) is 0.751. The Kier molecular flexibility index (Phi) is 1.07. The van der Waals surface area contributed by atoms with Gasteiger partial charge in [-0.3, -0.25) is 0 Å². The van der Waals surface area contributed by atoms with Crippen molar-refractivity contribution in [3.05, 3.63) is 34.1 Å². The van der Waals surface area contributed by atoms with E-state index in [0.717, 1.165) is 11.5 Å². The molecule has 0 aliphatic heterocycles. The van der Waals surface area contributed by atoms with E-state index in [-0.39, 0.29) is 4.94 Å². The minimum Gasteiger partial charge on any atom is -0.354 e. The number of hydrogen-bond donors (Lipinski definition) is 0. The van der Waals surface area contributed by atoms with Crippen molar-refractivity contribution in [2.24, 2.45) is 0 Å². The maximum atomic E-state index is 10.6. The molecule has 0 aliphatic carbocycles. The van der Waals surface area contributed by atoms with E-state index in [1.54, 1.807) is 16.1 Å². The van der Waals surface area contributed by atoms with E-state index >= 15 is 0 Å². The van der Waals surface area contributed by atoms with E-state index in [9.17, 15) is 4.79 Å². The molecule has 0 saturated heterocycles. The number of pyridine rings is 1. The number of hydrogen-bond acceptors (Lipinski definition) is 3. The van der Waals surface area contributed by atoms with Crippen LogP contribution in [-0.4, -0.2) is 0 Å². The second-order valence-corrected chi connectivity index (χ2v) is 2.72. The van der Waals surface area contributed by atoms with Gasteiger partial charge in [0.2, 0.25) is 11.5 Å². The molecular weight excluding hydrogens is 150 g/mol. The zero-order valence-corrected chi connectivity index (χ0v) is 5.80. The summed E-state index contributed by atoms with van der Waals surface area (Å²) in [7, 11) is 0. The first-order chi connectivity index (χ1) is 4.86. The minimum atomic E-state index is -0.272. The van der Waals surface area contributed by atoms with Crippen LogP contribution in [-0.2, 0) is 0 Å². The minimum absolute atomic E-state index is 0.272. The van der Waals surface area contributed by atoms with Gasteiger partial charge >= 0.3 is 10.7 Å². The normalized spacial score (nSPS) is 10.4. The molecule has 0 radical (unpaired) electrons. The number of aromatic nitrogens is 1. The Morgan fingerprint density at radius 3 is 3.20 bits per heavy atom. The molecule has 0 saturated carbocycles. The Hall–Kier alpha value is -1.16. The van der Waals surface area contributed by atoms with Crippen LogP contribution in [0.25, 0.3) is 5.71 Å². The number of rotatable bonds is 0. The fraction of sp³-hybridized carbons (Fsp3) is 0. The van der Waals surface area contributed by atoms with Crippen molar-refractivity contribution < 1.29 is 8.21 Å². The lowest BCUT2D eigenvalue weighted by Crippen LogP contribution is -2.12. The third kappa shape index (κ3) is 0.733. The molecule has 2 aromatic rings. The van der Waals surface area contributed by atoms with E-state index in [1.807, 2.05) is 12.1 Å². The van der Waals surface area contributed by atoms with Gasteiger partial charge in [0.05, 0.1) is 6.07 Å². The van der Waals surface area contributed by atoms with Crippen molar-refractivity contribution in [1.29, 1.82) is 0 Å². The summed E-state index contributed by atoms with van der Waals surface area (Å²) in [6.45, 7) is 0. The summed E-state index contributed by atoms with van der Waals surface area (Å²) in [4.78, 5) is 10.3. The largest absolute Gasteiger partial charge is 0.460 e. The third-order valence-corrected chi connectivity index (χ3v) is 1.88. The zero-order chi connectivity index (χ0) is 6.97. The Balaban J connectivity index is 3.01. The first-order valence-electron chi connectivity index (χ1n) is 2.77. The predicted octanol–water partition coefficient (Wildman–Crippen LogP) is 0.440. The molecule has 0 atom stereocenters. The molecule has 2 heterocycles. The smallest absolute Gasteiger partial charge is 0.354 e. The monoisotopic (exact) mass is 154 g/mol. The quantitative estimate of drug-likeness (QED) is 0.516. The molecule has 10 heavy (non-hydrogen) atoms. The van der Waals surface area contributed by atoms with E-state index < -0.39 is 0 Å². The lowest BCUT2D eigenvalue weighted by Gasteiger charge is -1.71. The molecule has 3 nitrogen and oxygen atoms in total. The van der Waals surface area contributed by atoms with E-state index in [4.69, 9.17) is 4.42 Å². The SMILES string of the molecule is O=c1oc2cccc[n+]2s1. The van der Waals surface area contributed by atoms with Gasteiger partial charge in [-0.05, 0) is 6.07 Å². The van der Waals surface area contributed by atoms with Crippen molar-refractivity contribution in [1.82, 2.24) is 0 Å². The zero-order valence-electron chi connectivity index (χ0n) is 4.98. The Bertz CT molecular complexity index is 367. The number of fused-ring (bicyclic) bond motifs is 1. The molecule has 0 N–H and O–H groups in total. The lowest BCUT2D eigenvalue weighted by atomic mass is 10.5. The summed E-state index contributed by atoms with van der Waals surface area (Å²) in [6, 6.07) is 5.42. The van der Waals surface area contributed by atoms with Gasteiger partial charge < -0.3 is 4.42 Å². The highest BCUT2D eigenvalue weighted by Gasteiger charge is 2.07. The highest BCUT2D eigenvalue weighted by atomic mass is 32.1. The van der Waals surface area contributed by atoms with Crippen LogP contribution < -0.4 is 8.73 Å². The van der Waals surface area contributed by atoms with Crippen LogP contribution in [0.15, 0.2) is 33.6 Å². The standard InChI is InChI=1S/C6H4NO2S/c8-6-9-5-3-1-2-4-7(5)10-6/h1-4H/q+1. The van der Waals surface area contributed by atoms with Gasteiger partial charge in [0.15, 0.2) is 6.20 Å². The van der Waals surface area contributed by atoms with Gasteiger partial charge in [0.1, 0.15) is 0 Å². The van der Waals surface area contributed by atoms with Gasteiger partial charge in [0.25, 0.3) is 0 Å². The Labute approximate surface area is 60.3 Å². The molecule has 0 aliphatic rings. The van der Waals surface area contributed by atoms with Gasteiger partial charge in [0, 0.05) is 6.07 Å². The molecule has 4 heteroatoms. The van der Waals surface area contributed by atoms with Crippen molar-refractivity contribution in [2.75, 3.05) is 0 Å². The second-order valence-electron chi connectivity index (χ2n) is 1.81. The van der Waals surface area contributed by atoms with Crippen LogP contribution >= 0.6 is 11.5 Å². The van der Waals surface area contributed by atoms with Crippen molar-refractivity contribution in [3.63, 3.8) is 0 Å². The maximum Gasteiger partial charge on any atom is 0.460 e. The van der Waals surface area contributed by atoms with Crippen LogP contribution in [0.2, 0.25) is 0 Å². The Morgan fingerprint density at radius 2 is 2.40 bits per heavy atom. The van der Waals surface area contributed by atoms with Crippen molar-refractivity contribution in [3.8, 4) is 0 Å². The third-order valence-electron chi connectivity index (χ3n) is 1.15. The van der Waals surface area contributed by atoms with Gasteiger partial charge in [-0.1, -0.05) is 3.79 Å². The molecular formula is C6H4NO2S+. The summed E-state index contributed by atoms with van der Waals surface area (Å²) < 4.78 is 6.48. The molecule has 2 aromatic heterocycles. The Morgan fingerprint density at radius 1 is 1.50 bits per heavy atom. The van der Waals surface area contributed by atoms with Crippen molar-refractivity contribution >= 4 is 17.2 Å². The van der Waals surface area contributed by atoms with Crippen LogP contribution in [0.4, 0.5) is 0 Å². The first-order valence-corrected chi connectivity index (χ1v) is 3.54. The van der Waals surface area contributed by atoms with E-state index in [1.165, 1.54) is 0 Å². The average Bonchev–Trinajstić information content (AvgIpc) is 2.27. The van der Waals surface area contributed by atoms with Crippen LogP contribution in [0.5, 0.6) is 0 Å². The van der Waals surface area contributed by atoms with Crippen LogP contribution in [0.3, 0.4) is 0 Å². The average molecular weight is 154 g/mol. The topological polar surface area (TPSA) is 34.3 Å². The van der Waals surface area contributed by atoms with Gasteiger partial charge in [-0.15, -0.1) is 0 Å². The maximum absolute atomic E-state index is 10.6. The summed E-state index contributed by atoms with van der Waals surface area (Å²) in [5.41, 5.74) is 0.595. The molecule has 50 valence electrons. The summed E-state index contributed by atoms with van der Waals surface area (Å²) in [5.74, 6) is 0. The highest BCUT2D eigenvalue weighted by molar-refractivity contribution is 6.98. The molecule has 0 aromatic carbocycles. The molecule has 0 fully saturated rings. The summed E-state index contributed by atoms with van der Waals surface area (Å²) in [5, 5.41) is 0. The number of nitrogens with zero attached hydrogens (tertiary/aromatic N) is 1. The molecule has 2 rings (SSSR count). The van der Waals surface area contributed by atoms with Crippen LogP contribution in [0.1, 0.15) is 0 Å². The molecule has 0 bridgehead atoms. The van der Waals surface area contributed by atoms with E-state index in [2.05, 4.69) is 0 Å². The van der Waals surface area contributed by atoms with Gasteiger partial charge in [-0.2, -0.15) is 0 Å². The van der Waals surface area contributed by atoms with E-state index in [0.29, 0.717) is 5.71 Å². The van der Waals surface area contributed by atoms with Crippen LogP contribution in [0, 0.1) is 0 Å². The molecule has 0 amide bonds.